The Kier molecular flexibility index (Phi) is 3.86. The van der Waals surface area contributed by atoms with Crippen LogP contribution in [0.4, 0.5) is 10.2 Å². The van der Waals surface area contributed by atoms with Gasteiger partial charge in [-0.05, 0) is 19.3 Å². The fraction of sp³-hybridized carbons (Fsp3) is 0.667. The molecule has 0 aliphatic carbocycles. The van der Waals surface area contributed by atoms with Crippen LogP contribution in [0.2, 0.25) is 0 Å². The van der Waals surface area contributed by atoms with Gasteiger partial charge in [0.05, 0.1) is 12.9 Å². The number of piperidine rings is 1. The Morgan fingerprint density at radius 2 is 2.04 bits per heavy atom. The van der Waals surface area contributed by atoms with Crippen LogP contribution in [0.25, 0.3) is 11.2 Å². The lowest BCUT2D eigenvalue weighted by Gasteiger charge is -2.27. The summed E-state index contributed by atoms with van der Waals surface area (Å²) in [6.07, 6.45) is 4.46. The lowest BCUT2D eigenvalue weighted by Crippen LogP contribution is -2.30. The Balaban J connectivity index is 1.68. The van der Waals surface area contributed by atoms with Crippen LogP contribution in [0, 0.1) is 0 Å². The van der Waals surface area contributed by atoms with E-state index in [0.717, 1.165) is 37.3 Å². The van der Waals surface area contributed by atoms with Crippen molar-refractivity contribution in [1.82, 2.24) is 19.5 Å². The number of anilines is 1. The Bertz CT molecular complexity index is 688. The summed E-state index contributed by atoms with van der Waals surface area (Å²) in [5.41, 5.74) is 1.37. The number of fused-ring (bicyclic) bond motifs is 1. The molecule has 2 aromatic rings. The molecule has 2 saturated heterocycles. The number of hydrogen-bond acceptors (Lipinski definition) is 6. The van der Waals surface area contributed by atoms with Crippen molar-refractivity contribution in [1.29, 1.82) is 0 Å². The second kappa shape index (κ2) is 6.01. The van der Waals surface area contributed by atoms with Crippen LogP contribution in [0.3, 0.4) is 0 Å². The van der Waals surface area contributed by atoms with Crippen LogP contribution in [0.5, 0.6) is 0 Å². The molecule has 1 N–H and O–H groups in total. The standard InChI is InChI=1S/C15H20FN5O2/c16-10-6-12(23-11(10)7-22)21-9-19-13-14(17-8-18-15(13)21)20-4-2-1-3-5-20/h8-12,22H,1-7H2/t10-,11+,12+/m0/s1. The normalized spacial score (nSPS) is 28.6. The van der Waals surface area contributed by atoms with E-state index in [0.29, 0.717) is 5.65 Å². The van der Waals surface area contributed by atoms with Gasteiger partial charge in [0.1, 0.15) is 24.8 Å². The van der Waals surface area contributed by atoms with E-state index >= 15 is 0 Å². The van der Waals surface area contributed by atoms with Gasteiger partial charge in [-0.2, -0.15) is 0 Å². The predicted molar refractivity (Wildman–Crippen MR) is 81.9 cm³/mol. The minimum absolute atomic E-state index is 0.194. The number of aliphatic hydroxyl groups excluding tert-OH is 1. The minimum Gasteiger partial charge on any atom is -0.394 e. The van der Waals surface area contributed by atoms with E-state index in [-0.39, 0.29) is 13.0 Å². The molecule has 23 heavy (non-hydrogen) atoms. The van der Waals surface area contributed by atoms with Crippen LogP contribution >= 0.6 is 0 Å². The number of ether oxygens (including phenoxy) is 1. The van der Waals surface area contributed by atoms with E-state index in [1.165, 1.54) is 12.7 Å². The van der Waals surface area contributed by atoms with Crippen molar-refractivity contribution < 1.29 is 14.2 Å². The molecule has 0 bridgehead atoms. The lowest BCUT2D eigenvalue weighted by molar-refractivity contribution is -0.0323. The van der Waals surface area contributed by atoms with Gasteiger partial charge in [0.25, 0.3) is 0 Å². The highest BCUT2D eigenvalue weighted by atomic mass is 19.1. The zero-order chi connectivity index (χ0) is 15.8. The van der Waals surface area contributed by atoms with Gasteiger partial charge in [0.15, 0.2) is 17.0 Å². The largest absolute Gasteiger partial charge is 0.394 e. The summed E-state index contributed by atoms with van der Waals surface area (Å²) in [5.74, 6) is 0.835. The molecule has 4 rings (SSSR count). The number of imidazole rings is 1. The van der Waals surface area contributed by atoms with E-state index in [9.17, 15) is 4.39 Å². The first-order chi connectivity index (χ1) is 11.3. The Labute approximate surface area is 133 Å². The highest BCUT2D eigenvalue weighted by Gasteiger charge is 2.36. The summed E-state index contributed by atoms with van der Waals surface area (Å²) in [5, 5.41) is 9.16. The molecule has 8 heteroatoms. The molecule has 0 spiro atoms. The van der Waals surface area contributed by atoms with Gasteiger partial charge >= 0.3 is 0 Å². The van der Waals surface area contributed by atoms with E-state index in [1.54, 1.807) is 10.9 Å². The molecule has 2 aliphatic heterocycles. The van der Waals surface area contributed by atoms with Gasteiger partial charge in [0, 0.05) is 19.5 Å². The molecule has 3 atom stereocenters. The summed E-state index contributed by atoms with van der Waals surface area (Å²) >= 11 is 0. The number of aliphatic hydroxyl groups is 1. The molecule has 124 valence electrons. The van der Waals surface area contributed by atoms with E-state index in [4.69, 9.17) is 9.84 Å². The van der Waals surface area contributed by atoms with Crippen LogP contribution in [-0.4, -0.2) is 56.6 Å². The van der Waals surface area contributed by atoms with Crippen LogP contribution in [-0.2, 0) is 4.74 Å². The third kappa shape index (κ3) is 2.55. The second-order valence-corrected chi connectivity index (χ2v) is 6.13. The maximum atomic E-state index is 13.8. The first-order valence-corrected chi connectivity index (χ1v) is 8.11. The van der Waals surface area contributed by atoms with Crippen LogP contribution < -0.4 is 4.90 Å². The predicted octanol–water partition coefficient (Wildman–Crippen LogP) is 1.43. The van der Waals surface area contributed by atoms with Crippen molar-refractivity contribution in [2.45, 2.75) is 44.2 Å². The smallest absolute Gasteiger partial charge is 0.167 e. The molecule has 2 aliphatic rings. The van der Waals surface area contributed by atoms with E-state index in [1.807, 2.05) is 0 Å². The summed E-state index contributed by atoms with van der Waals surface area (Å²) < 4.78 is 21.2. The molecule has 0 unspecified atom stereocenters. The number of alkyl halides is 1. The fourth-order valence-electron chi connectivity index (χ4n) is 3.41. The molecule has 2 aromatic heterocycles. The minimum atomic E-state index is -1.18. The number of aromatic nitrogens is 4. The maximum absolute atomic E-state index is 13.8. The highest BCUT2D eigenvalue weighted by Crippen LogP contribution is 2.33. The van der Waals surface area contributed by atoms with Gasteiger partial charge < -0.3 is 14.7 Å². The van der Waals surface area contributed by atoms with Crippen LogP contribution in [0.1, 0.15) is 31.9 Å². The number of rotatable bonds is 3. The van der Waals surface area contributed by atoms with Crippen molar-refractivity contribution in [3.05, 3.63) is 12.7 Å². The molecule has 7 nitrogen and oxygen atoms in total. The summed E-state index contributed by atoms with van der Waals surface area (Å²) in [7, 11) is 0. The summed E-state index contributed by atoms with van der Waals surface area (Å²) in [6.45, 7) is 1.62. The molecular formula is C15H20FN5O2. The van der Waals surface area contributed by atoms with Gasteiger partial charge in [-0.15, -0.1) is 0 Å². The third-order valence-electron chi connectivity index (χ3n) is 4.65. The summed E-state index contributed by atoms with van der Waals surface area (Å²) in [4.78, 5) is 15.4. The average Bonchev–Trinajstić information content (AvgIpc) is 3.18. The first-order valence-electron chi connectivity index (χ1n) is 8.11. The third-order valence-corrected chi connectivity index (χ3v) is 4.65. The van der Waals surface area contributed by atoms with E-state index in [2.05, 4.69) is 19.9 Å². The molecule has 0 radical (unpaired) electrons. The Morgan fingerprint density at radius 3 is 2.78 bits per heavy atom. The zero-order valence-electron chi connectivity index (χ0n) is 12.8. The average molecular weight is 321 g/mol. The summed E-state index contributed by atoms with van der Waals surface area (Å²) in [6, 6.07) is 0. The van der Waals surface area contributed by atoms with Crippen molar-refractivity contribution in [3.63, 3.8) is 0 Å². The van der Waals surface area contributed by atoms with Gasteiger partial charge in [-0.25, -0.2) is 19.3 Å². The molecular weight excluding hydrogens is 301 g/mol. The van der Waals surface area contributed by atoms with Gasteiger partial charge in [-0.3, -0.25) is 4.57 Å². The van der Waals surface area contributed by atoms with Crippen LogP contribution in [0.15, 0.2) is 12.7 Å². The van der Waals surface area contributed by atoms with Gasteiger partial charge in [-0.1, -0.05) is 0 Å². The molecule has 4 heterocycles. The Hall–Kier alpha value is -1.80. The van der Waals surface area contributed by atoms with E-state index < -0.39 is 18.5 Å². The number of hydrogen-bond donors (Lipinski definition) is 1. The fourth-order valence-corrected chi connectivity index (χ4v) is 3.41. The number of nitrogens with zero attached hydrogens (tertiary/aromatic N) is 5. The zero-order valence-corrected chi connectivity index (χ0v) is 12.8. The molecule has 0 aromatic carbocycles. The van der Waals surface area contributed by atoms with Crippen molar-refractivity contribution in [3.8, 4) is 0 Å². The Morgan fingerprint density at radius 1 is 1.22 bits per heavy atom. The molecule has 0 amide bonds. The highest BCUT2D eigenvalue weighted by molar-refractivity contribution is 5.83. The SMILES string of the molecule is OC[C@H]1O[C@@H](n2cnc3c(N4CCCCC4)ncnc32)C[C@@H]1F. The lowest BCUT2D eigenvalue weighted by atomic mass is 10.1. The second-order valence-electron chi connectivity index (χ2n) is 6.13. The molecule has 2 fully saturated rings. The monoisotopic (exact) mass is 321 g/mol. The number of halogens is 1. The molecule has 0 saturated carbocycles. The van der Waals surface area contributed by atoms with Crippen molar-refractivity contribution in [2.75, 3.05) is 24.6 Å². The quantitative estimate of drug-likeness (QED) is 0.922. The topological polar surface area (TPSA) is 76.3 Å². The maximum Gasteiger partial charge on any atom is 0.167 e. The van der Waals surface area contributed by atoms with Gasteiger partial charge in [0.2, 0.25) is 0 Å². The van der Waals surface area contributed by atoms with Crippen molar-refractivity contribution >= 4 is 17.0 Å². The first kappa shape index (κ1) is 14.8. The van der Waals surface area contributed by atoms with Crippen molar-refractivity contribution in [2.24, 2.45) is 0 Å².